The molecular formula is C14H19BrFN3O2. The van der Waals surface area contributed by atoms with Gasteiger partial charge in [0.1, 0.15) is 5.82 Å². The highest BCUT2D eigenvalue weighted by Crippen LogP contribution is 2.17. The number of hydrogen-bond donors (Lipinski definition) is 3. The van der Waals surface area contributed by atoms with Crippen molar-refractivity contribution in [2.24, 2.45) is 5.73 Å². The SMILES string of the molecule is CC(C)(N)CNC(=O)CCNC(=O)c1cc(F)ccc1Br. The van der Waals surface area contributed by atoms with Crippen LogP contribution in [0.1, 0.15) is 30.6 Å². The van der Waals surface area contributed by atoms with E-state index in [1.165, 1.54) is 12.1 Å². The van der Waals surface area contributed by atoms with Gasteiger partial charge in [0.15, 0.2) is 0 Å². The molecule has 0 heterocycles. The summed E-state index contributed by atoms with van der Waals surface area (Å²) in [7, 11) is 0. The molecule has 1 aromatic rings. The first-order chi connectivity index (χ1) is 9.69. The van der Waals surface area contributed by atoms with Gasteiger partial charge in [0.25, 0.3) is 5.91 Å². The first-order valence-electron chi connectivity index (χ1n) is 6.48. The van der Waals surface area contributed by atoms with Gasteiger partial charge < -0.3 is 16.4 Å². The summed E-state index contributed by atoms with van der Waals surface area (Å²) in [6, 6.07) is 3.85. The Bertz CT molecular complexity index is 529. The van der Waals surface area contributed by atoms with Crippen molar-refractivity contribution < 1.29 is 14.0 Å². The second-order valence-electron chi connectivity index (χ2n) is 5.40. The second-order valence-corrected chi connectivity index (χ2v) is 6.25. The Balaban J connectivity index is 2.40. The highest BCUT2D eigenvalue weighted by Gasteiger charge is 2.13. The fraction of sp³-hybridized carbons (Fsp3) is 0.429. The molecule has 0 aliphatic rings. The van der Waals surface area contributed by atoms with Gasteiger partial charge in [-0.25, -0.2) is 4.39 Å². The minimum atomic E-state index is -0.494. The van der Waals surface area contributed by atoms with Crippen LogP contribution in [0.5, 0.6) is 0 Å². The summed E-state index contributed by atoms with van der Waals surface area (Å²) < 4.78 is 13.6. The summed E-state index contributed by atoms with van der Waals surface area (Å²) in [4.78, 5) is 23.4. The van der Waals surface area contributed by atoms with Crippen LogP contribution in [0.3, 0.4) is 0 Å². The third-order valence-corrected chi connectivity index (χ3v) is 3.24. The molecule has 0 aromatic heterocycles. The third-order valence-electron chi connectivity index (χ3n) is 2.55. The van der Waals surface area contributed by atoms with E-state index in [1.54, 1.807) is 13.8 Å². The molecule has 21 heavy (non-hydrogen) atoms. The van der Waals surface area contributed by atoms with E-state index in [0.29, 0.717) is 11.0 Å². The maximum atomic E-state index is 13.1. The van der Waals surface area contributed by atoms with Crippen molar-refractivity contribution in [3.63, 3.8) is 0 Å². The van der Waals surface area contributed by atoms with Crippen LogP contribution in [0.4, 0.5) is 4.39 Å². The highest BCUT2D eigenvalue weighted by atomic mass is 79.9. The van der Waals surface area contributed by atoms with Crippen LogP contribution in [0.15, 0.2) is 22.7 Å². The number of halogens is 2. The van der Waals surface area contributed by atoms with Crippen molar-refractivity contribution in [1.82, 2.24) is 10.6 Å². The molecule has 0 bridgehead atoms. The highest BCUT2D eigenvalue weighted by molar-refractivity contribution is 9.10. The van der Waals surface area contributed by atoms with Crippen molar-refractivity contribution in [2.45, 2.75) is 25.8 Å². The molecule has 5 nitrogen and oxygen atoms in total. The lowest BCUT2D eigenvalue weighted by Crippen LogP contribution is -2.45. The van der Waals surface area contributed by atoms with Crippen LogP contribution in [0.25, 0.3) is 0 Å². The predicted molar refractivity (Wildman–Crippen MR) is 82.3 cm³/mol. The maximum absolute atomic E-state index is 13.1. The molecular weight excluding hydrogens is 341 g/mol. The molecule has 1 rings (SSSR count). The van der Waals surface area contributed by atoms with Crippen molar-refractivity contribution in [3.05, 3.63) is 34.1 Å². The maximum Gasteiger partial charge on any atom is 0.252 e. The smallest absolute Gasteiger partial charge is 0.252 e. The molecule has 1 aromatic carbocycles. The topological polar surface area (TPSA) is 84.2 Å². The number of hydrogen-bond acceptors (Lipinski definition) is 3. The van der Waals surface area contributed by atoms with Crippen molar-refractivity contribution in [2.75, 3.05) is 13.1 Å². The van der Waals surface area contributed by atoms with E-state index in [2.05, 4.69) is 26.6 Å². The van der Waals surface area contributed by atoms with E-state index in [1.807, 2.05) is 0 Å². The Labute approximate surface area is 131 Å². The molecule has 0 unspecified atom stereocenters. The largest absolute Gasteiger partial charge is 0.354 e. The molecule has 7 heteroatoms. The summed E-state index contributed by atoms with van der Waals surface area (Å²) >= 11 is 3.18. The van der Waals surface area contributed by atoms with Gasteiger partial charge in [0.2, 0.25) is 5.91 Å². The summed E-state index contributed by atoms with van der Waals surface area (Å²) in [5.74, 6) is -1.13. The zero-order valence-electron chi connectivity index (χ0n) is 12.0. The molecule has 0 aliphatic heterocycles. The quantitative estimate of drug-likeness (QED) is 0.720. The van der Waals surface area contributed by atoms with Gasteiger partial charge in [-0.2, -0.15) is 0 Å². The lowest BCUT2D eigenvalue weighted by molar-refractivity contribution is -0.121. The molecule has 0 saturated carbocycles. The van der Waals surface area contributed by atoms with E-state index in [4.69, 9.17) is 5.73 Å². The fourth-order valence-electron chi connectivity index (χ4n) is 1.47. The minimum Gasteiger partial charge on any atom is -0.354 e. The summed E-state index contributed by atoms with van der Waals surface area (Å²) in [5.41, 5.74) is 5.45. The standard InChI is InChI=1S/C14H19BrFN3O2/c1-14(2,17)8-19-12(20)5-6-18-13(21)10-7-9(16)3-4-11(10)15/h3-4,7H,5-6,8,17H2,1-2H3,(H,18,21)(H,19,20). The normalized spacial score (nSPS) is 11.1. The first-order valence-corrected chi connectivity index (χ1v) is 7.27. The van der Waals surface area contributed by atoms with Crippen LogP contribution >= 0.6 is 15.9 Å². The van der Waals surface area contributed by atoms with Gasteiger partial charge in [-0.05, 0) is 48.0 Å². The van der Waals surface area contributed by atoms with Crippen LogP contribution < -0.4 is 16.4 Å². The number of amides is 2. The number of rotatable bonds is 6. The van der Waals surface area contributed by atoms with E-state index in [0.717, 1.165) is 6.07 Å². The summed E-state index contributed by atoms with van der Waals surface area (Å²) in [6.07, 6.45) is 0.134. The monoisotopic (exact) mass is 359 g/mol. The number of carbonyl (C=O) groups excluding carboxylic acids is 2. The Kier molecular flexibility index (Phi) is 6.29. The fourth-order valence-corrected chi connectivity index (χ4v) is 1.90. The molecule has 116 valence electrons. The average Bonchev–Trinajstić information content (AvgIpc) is 2.38. The average molecular weight is 360 g/mol. The van der Waals surface area contributed by atoms with Crippen molar-refractivity contribution >= 4 is 27.7 Å². The first kappa shape index (κ1) is 17.6. The van der Waals surface area contributed by atoms with Crippen molar-refractivity contribution in [3.8, 4) is 0 Å². The predicted octanol–water partition coefficient (Wildman–Crippen LogP) is 1.56. The molecule has 0 radical (unpaired) electrons. The molecule has 0 aliphatic carbocycles. The van der Waals surface area contributed by atoms with Gasteiger partial charge in [-0.1, -0.05) is 0 Å². The summed E-state index contributed by atoms with van der Waals surface area (Å²) in [5, 5.41) is 5.24. The Morgan fingerprint density at radius 1 is 1.33 bits per heavy atom. The van der Waals surface area contributed by atoms with Crippen LogP contribution in [0, 0.1) is 5.82 Å². The Morgan fingerprint density at radius 2 is 2.00 bits per heavy atom. The number of nitrogens with two attached hydrogens (primary N) is 1. The third kappa shape index (κ3) is 6.68. The minimum absolute atomic E-state index is 0.134. The second kappa shape index (κ2) is 7.51. The van der Waals surface area contributed by atoms with Crippen molar-refractivity contribution in [1.29, 1.82) is 0 Å². The molecule has 0 atom stereocenters. The zero-order valence-corrected chi connectivity index (χ0v) is 13.6. The molecule has 2 amide bonds. The lowest BCUT2D eigenvalue weighted by atomic mass is 10.1. The van der Waals surface area contributed by atoms with Crippen LogP contribution in [-0.4, -0.2) is 30.4 Å². The molecule has 4 N–H and O–H groups in total. The van der Waals surface area contributed by atoms with E-state index < -0.39 is 17.3 Å². The van der Waals surface area contributed by atoms with Gasteiger partial charge in [0, 0.05) is 29.5 Å². The van der Waals surface area contributed by atoms with Crippen LogP contribution in [-0.2, 0) is 4.79 Å². The molecule has 0 spiro atoms. The lowest BCUT2D eigenvalue weighted by Gasteiger charge is -2.18. The number of benzene rings is 1. The van der Waals surface area contributed by atoms with Gasteiger partial charge in [0.05, 0.1) is 5.56 Å². The summed E-state index contributed by atoms with van der Waals surface area (Å²) in [6.45, 7) is 4.13. The number of carbonyl (C=O) groups is 2. The number of nitrogens with one attached hydrogen (secondary N) is 2. The molecule has 0 saturated heterocycles. The molecule has 0 fully saturated rings. The Hall–Kier alpha value is -1.47. The van der Waals surface area contributed by atoms with E-state index in [9.17, 15) is 14.0 Å². The van der Waals surface area contributed by atoms with Crippen LogP contribution in [0.2, 0.25) is 0 Å². The Morgan fingerprint density at radius 3 is 2.62 bits per heavy atom. The van der Waals surface area contributed by atoms with Gasteiger partial charge in [-0.15, -0.1) is 0 Å². The zero-order chi connectivity index (χ0) is 16.0. The van der Waals surface area contributed by atoms with Gasteiger partial charge >= 0.3 is 0 Å². The van der Waals surface area contributed by atoms with E-state index >= 15 is 0 Å². The van der Waals surface area contributed by atoms with E-state index in [-0.39, 0.29) is 24.4 Å². The van der Waals surface area contributed by atoms with Gasteiger partial charge in [-0.3, -0.25) is 9.59 Å².